The second-order valence-corrected chi connectivity index (χ2v) is 4.74. The van der Waals surface area contributed by atoms with Gasteiger partial charge < -0.3 is 10.1 Å². The Kier molecular flexibility index (Phi) is 7.81. The van der Waals surface area contributed by atoms with E-state index in [0.29, 0.717) is 0 Å². The lowest BCUT2D eigenvalue weighted by molar-refractivity contribution is 0.132. The third-order valence-corrected chi connectivity index (χ3v) is 3.33. The Morgan fingerprint density at radius 1 is 1.31 bits per heavy atom. The number of unbranched alkanes of at least 4 members (excludes halogenated alkanes) is 1. The van der Waals surface area contributed by atoms with Crippen molar-refractivity contribution in [2.24, 2.45) is 0 Å². The van der Waals surface area contributed by atoms with Crippen molar-refractivity contribution in [3.8, 4) is 0 Å². The summed E-state index contributed by atoms with van der Waals surface area (Å²) in [5.41, 5.74) is 0. The molecule has 1 N–H and O–H groups in total. The Hall–Kier alpha value is -0.120. The van der Waals surface area contributed by atoms with Crippen LogP contribution in [-0.4, -0.2) is 50.3 Å². The van der Waals surface area contributed by atoms with Crippen molar-refractivity contribution in [3.05, 3.63) is 0 Å². The van der Waals surface area contributed by atoms with Crippen molar-refractivity contribution >= 4 is 0 Å². The number of hydrogen-bond acceptors (Lipinski definition) is 3. The van der Waals surface area contributed by atoms with Gasteiger partial charge in [-0.3, -0.25) is 4.90 Å². The fourth-order valence-corrected chi connectivity index (χ4v) is 2.17. The van der Waals surface area contributed by atoms with E-state index < -0.39 is 0 Å². The lowest BCUT2D eigenvalue weighted by Crippen LogP contribution is -2.35. The molecule has 1 fully saturated rings. The molecule has 1 unspecified atom stereocenters. The molecule has 96 valence electrons. The Morgan fingerprint density at radius 3 is 2.88 bits per heavy atom. The number of ether oxygens (including phenoxy) is 1. The van der Waals surface area contributed by atoms with Crippen LogP contribution < -0.4 is 5.32 Å². The van der Waals surface area contributed by atoms with Gasteiger partial charge in [-0.15, -0.1) is 0 Å². The SMILES string of the molecule is CCCCOCCNCCN1CCCC1C. The first kappa shape index (κ1) is 13.9. The molecule has 0 aromatic rings. The highest BCUT2D eigenvalue weighted by Crippen LogP contribution is 2.14. The maximum Gasteiger partial charge on any atom is 0.0590 e. The smallest absolute Gasteiger partial charge is 0.0590 e. The normalized spacial score (nSPS) is 21.8. The molecule has 0 aliphatic carbocycles. The van der Waals surface area contributed by atoms with Crippen LogP contribution in [0.4, 0.5) is 0 Å². The van der Waals surface area contributed by atoms with E-state index in [2.05, 4.69) is 24.1 Å². The number of hydrogen-bond donors (Lipinski definition) is 1. The monoisotopic (exact) mass is 228 g/mol. The van der Waals surface area contributed by atoms with E-state index in [9.17, 15) is 0 Å². The van der Waals surface area contributed by atoms with Gasteiger partial charge in [0.1, 0.15) is 0 Å². The van der Waals surface area contributed by atoms with Crippen molar-refractivity contribution in [3.63, 3.8) is 0 Å². The van der Waals surface area contributed by atoms with E-state index in [-0.39, 0.29) is 0 Å². The van der Waals surface area contributed by atoms with Crippen LogP contribution in [0.2, 0.25) is 0 Å². The van der Waals surface area contributed by atoms with Gasteiger partial charge in [0.05, 0.1) is 6.61 Å². The summed E-state index contributed by atoms with van der Waals surface area (Å²) >= 11 is 0. The van der Waals surface area contributed by atoms with Gasteiger partial charge in [0.25, 0.3) is 0 Å². The van der Waals surface area contributed by atoms with E-state index in [1.54, 1.807) is 0 Å². The summed E-state index contributed by atoms with van der Waals surface area (Å²) in [6.45, 7) is 10.9. The average Bonchev–Trinajstić information content (AvgIpc) is 2.68. The molecule has 0 aromatic heterocycles. The zero-order valence-corrected chi connectivity index (χ0v) is 11.0. The second-order valence-electron chi connectivity index (χ2n) is 4.74. The zero-order valence-electron chi connectivity index (χ0n) is 11.0. The summed E-state index contributed by atoms with van der Waals surface area (Å²) in [5.74, 6) is 0. The van der Waals surface area contributed by atoms with Crippen molar-refractivity contribution in [1.29, 1.82) is 0 Å². The largest absolute Gasteiger partial charge is 0.380 e. The molecular formula is C13H28N2O. The van der Waals surface area contributed by atoms with Crippen molar-refractivity contribution < 1.29 is 4.74 Å². The molecule has 0 aromatic carbocycles. The summed E-state index contributed by atoms with van der Waals surface area (Å²) in [5, 5.41) is 3.44. The van der Waals surface area contributed by atoms with Gasteiger partial charge in [-0.25, -0.2) is 0 Å². The molecule has 0 bridgehead atoms. The van der Waals surface area contributed by atoms with Gasteiger partial charge in [0.15, 0.2) is 0 Å². The molecule has 1 rings (SSSR count). The van der Waals surface area contributed by atoms with Crippen LogP contribution in [0, 0.1) is 0 Å². The molecule has 3 heteroatoms. The van der Waals surface area contributed by atoms with E-state index in [1.165, 1.54) is 38.8 Å². The van der Waals surface area contributed by atoms with E-state index >= 15 is 0 Å². The topological polar surface area (TPSA) is 24.5 Å². The lowest BCUT2D eigenvalue weighted by atomic mass is 10.2. The molecule has 16 heavy (non-hydrogen) atoms. The summed E-state index contributed by atoms with van der Waals surface area (Å²) < 4.78 is 5.49. The molecule has 1 atom stereocenters. The molecule has 0 radical (unpaired) electrons. The molecule has 0 amide bonds. The highest BCUT2D eigenvalue weighted by molar-refractivity contribution is 4.75. The summed E-state index contributed by atoms with van der Waals surface area (Å²) in [6, 6.07) is 0.794. The molecule has 1 heterocycles. The number of likely N-dealkylation sites (tertiary alicyclic amines) is 1. The lowest BCUT2D eigenvalue weighted by Gasteiger charge is -2.20. The Balaban J connectivity index is 1.81. The van der Waals surface area contributed by atoms with Crippen LogP contribution in [0.3, 0.4) is 0 Å². The van der Waals surface area contributed by atoms with Gasteiger partial charge in [-0.05, 0) is 32.7 Å². The van der Waals surface area contributed by atoms with Crippen molar-refractivity contribution in [2.75, 3.05) is 39.4 Å². The third-order valence-electron chi connectivity index (χ3n) is 3.33. The van der Waals surface area contributed by atoms with Gasteiger partial charge in [-0.2, -0.15) is 0 Å². The average molecular weight is 228 g/mol. The molecule has 1 aliphatic rings. The van der Waals surface area contributed by atoms with Crippen LogP contribution in [0.1, 0.15) is 39.5 Å². The first-order valence-corrected chi connectivity index (χ1v) is 6.87. The van der Waals surface area contributed by atoms with E-state index in [4.69, 9.17) is 4.74 Å². The molecule has 3 nitrogen and oxygen atoms in total. The predicted octanol–water partition coefficient (Wildman–Crippen LogP) is 1.88. The van der Waals surface area contributed by atoms with Crippen LogP contribution in [-0.2, 0) is 4.74 Å². The standard InChI is InChI=1S/C13H28N2O/c1-3-4-11-16-12-8-14-7-10-15-9-5-6-13(15)2/h13-14H,3-12H2,1-2H3. The van der Waals surface area contributed by atoms with E-state index in [1.807, 2.05) is 0 Å². The van der Waals surface area contributed by atoms with Crippen molar-refractivity contribution in [1.82, 2.24) is 10.2 Å². The fraction of sp³-hybridized carbons (Fsp3) is 1.00. The van der Waals surface area contributed by atoms with Crippen LogP contribution >= 0.6 is 0 Å². The molecule has 1 saturated heterocycles. The molecule has 1 aliphatic heterocycles. The third kappa shape index (κ3) is 5.83. The number of nitrogens with zero attached hydrogens (tertiary/aromatic N) is 1. The maximum absolute atomic E-state index is 5.49. The minimum atomic E-state index is 0.794. The van der Waals surface area contributed by atoms with Crippen LogP contribution in [0.5, 0.6) is 0 Å². The molecule has 0 saturated carbocycles. The van der Waals surface area contributed by atoms with Gasteiger partial charge >= 0.3 is 0 Å². The Labute approximate surface area is 101 Å². The summed E-state index contributed by atoms with van der Waals surface area (Å²) in [7, 11) is 0. The summed E-state index contributed by atoms with van der Waals surface area (Å²) in [4.78, 5) is 2.57. The van der Waals surface area contributed by atoms with Crippen molar-refractivity contribution in [2.45, 2.75) is 45.6 Å². The first-order chi connectivity index (χ1) is 7.84. The Bertz CT molecular complexity index is 164. The first-order valence-electron chi connectivity index (χ1n) is 6.87. The maximum atomic E-state index is 5.49. The summed E-state index contributed by atoms with van der Waals surface area (Å²) in [6.07, 6.45) is 5.16. The van der Waals surface area contributed by atoms with Gasteiger partial charge in [0.2, 0.25) is 0 Å². The predicted molar refractivity (Wildman–Crippen MR) is 68.9 cm³/mol. The number of rotatable bonds is 9. The minimum Gasteiger partial charge on any atom is -0.380 e. The van der Waals surface area contributed by atoms with E-state index in [0.717, 1.165) is 32.3 Å². The van der Waals surface area contributed by atoms with Gasteiger partial charge in [0, 0.05) is 32.3 Å². The number of nitrogens with one attached hydrogen (secondary N) is 1. The minimum absolute atomic E-state index is 0.794. The molecular weight excluding hydrogens is 200 g/mol. The zero-order chi connectivity index (χ0) is 11.6. The highest BCUT2D eigenvalue weighted by Gasteiger charge is 2.18. The highest BCUT2D eigenvalue weighted by atomic mass is 16.5. The quantitative estimate of drug-likeness (QED) is 0.610. The Morgan fingerprint density at radius 2 is 2.19 bits per heavy atom. The van der Waals surface area contributed by atoms with Gasteiger partial charge in [-0.1, -0.05) is 13.3 Å². The molecule has 0 spiro atoms. The fourth-order valence-electron chi connectivity index (χ4n) is 2.17. The van der Waals surface area contributed by atoms with Crippen LogP contribution in [0.25, 0.3) is 0 Å². The van der Waals surface area contributed by atoms with Crippen LogP contribution in [0.15, 0.2) is 0 Å². The second kappa shape index (κ2) is 8.97.